The Balaban J connectivity index is 1.81. The van der Waals surface area contributed by atoms with E-state index in [2.05, 4.69) is 21.8 Å². The summed E-state index contributed by atoms with van der Waals surface area (Å²) in [6, 6.07) is 15.2. The Morgan fingerprint density at radius 2 is 1.87 bits per heavy atom. The molecule has 0 aliphatic carbocycles. The molecule has 0 saturated carbocycles. The van der Waals surface area contributed by atoms with Crippen molar-refractivity contribution in [2.45, 2.75) is 19.9 Å². The van der Waals surface area contributed by atoms with Crippen LogP contribution < -0.4 is 10.6 Å². The summed E-state index contributed by atoms with van der Waals surface area (Å²) in [5, 5.41) is 29.0. The molecule has 2 aromatic carbocycles. The molecule has 1 unspecified atom stereocenters. The van der Waals surface area contributed by atoms with Gasteiger partial charge in [-0.2, -0.15) is 10.4 Å². The Morgan fingerprint density at radius 3 is 2.52 bits per heavy atom. The van der Waals surface area contributed by atoms with Gasteiger partial charge < -0.3 is 15.7 Å². The summed E-state index contributed by atoms with van der Waals surface area (Å²) in [6.45, 7) is 3.67. The lowest BCUT2D eigenvalue weighted by atomic mass is 9.93. The number of aromatic carboxylic acids is 1. The number of rotatable bonds is 4. The molecule has 3 aromatic rings. The van der Waals surface area contributed by atoms with Crippen LogP contribution in [0.3, 0.4) is 0 Å². The Morgan fingerprint density at radius 1 is 1.16 bits per heavy atom. The largest absolute Gasteiger partial charge is 0.478 e. The smallest absolute Gasteiger partial charge is 0.335 e. The molecule has 3 N–H and O–H groups in total. The molecule has 0 radical (unpaired) electrons. The van der Waals surface area contributed by atoms with E-state index in [4.69, 9.17) is 0 Å². The van der Waals surface area contributed by atoms with Gasteiger partial charge in [-0.05, 0) is 43.2 Å². The van der Waals surface area contributed by atoms with Gasteiger partial charge in [0.15, 0.2) is 0 Å². The van der Waals surface area contributed by atoms with Crippen LogP contribution in [0, 0.1) is 18.3 Å². The second-order valence-corrected chi connectivity index (χ2v) is 7.23. The summed E-state index contributed by atoms with van der Waals surface area (Å²) in [6.07, 6.45) is 1.44. The molecule has 154 valence electrons. The normalized spacial score (nSPS) is 14.9. The Bertz CT molecular complexity index is 1270. The highest BCUT2D eigenvalue weighted by atomic mass is 16.4. The molecule has 8 heteroatoms. The van der Waals surface area contributed by atoms with Crippen LogP contribution in [0.25, 0.3) is 0 Å². The van der Waals surface area contributed by atoms with E-state index in [1.807, 2.05) is 31.2 Å². The maximum Gasteiger partial charge on any atom is 0.335 e. The lowest BCUT2D eigenvalue weighted by Crippen LogP contribution is -2.31. The van der Waals surface area contributed by atoms with Crippen LogP contribution in [0.2, 0.25) is 0 Å². The topological polar surface area (TPSA) is 120 Å². The van der Waals surface area contributed by atoms with Crippen molar-refractivity contribution >= 4 is 23.4 Å². The third-order valence-electron chi connectivity index (χ3n) is 5.26. The Labute approximate surface area is 178 Å². The molecule has 0 bridgehead atoms. The highest BCUT2D eigenvalue weighted by Gasteiger charge is 2.34. The van der Waals surface area contributed by atoms with Crippen molar-refractivity contribution in [1.82, 2.24) is 9.78 Å². The van der Waals surface area contributed by atoms with Crippen molar-refractivity contribution in [3.8, 4) is 6.07 Å². The van der Waals surface area contributed by atoms with Crippen LogP contribution in [-0.2, 0) is 4.79 Å². The molecule has 1 aliphatic rings. The number of amides is 1. The number of aromatic nitrogens is 2. The molecule has 0 fully saturated rings. The predicted octanol–water partition coefficient (Wildman–Crippen LogP) is 3.69. The number of allylic oxidation sites excluding steroid dienone is 1. The molecule has 1 aliphatic heterocycles. The van der Waals surface area contributed by atoms with Gasteiger partial charge in [0.25, 0.3) is 5.91 Å². The lowest BCUT2D eigenvalue weighted by molar-refractivity contribution is -0.113. The quantitative estimate of drug-likeness (QED) is 0.600. The third kappa shape index (κ3) is 3.53. The predicted molar refractivity (Wildman–Crippen MR) is 115 cm³/mol. The van der Waals surface area contributed by atoms with Crippen LogP contribution in [0.4, 0.5) is 11.5 Å². The van der Waals surface area contributed by atoms with Crippen molar-refractivity contribution in [3.63, 3.8) is 0 Å². The molecular weight excluding hydrogens is 394 g/mol. The molecule has 0 saturated heterocycles. The zero-order chi connectivity index (χ0) is 22.1. The van der Waals surface area contributed by atoms with Crippen molar-refractivity contribution in [3.05, 3.63) is 88.3 Å². The number of fused-ring (bicyclic) bond motifs is 1. The first-order valence-corrected chi connectivity index (χ1v) is 9.56. The van der Waals surface area contributed by atoms with Crippen molar-refractivity contribution in [2.75, 3.05) is 10.6 Å². The molecule has 4 rings (SSSR count). The maximum absolute atomic E-state index is 13.4. The first-order valence-electron chi connectivity index (χ1n) is 9.56. The van der Waals surface area contributed by atoms with E-state index in [0.29, 0.717) is 33.9 Å². The number of para-hydroxylation sites is 1. The standard InChI is InChI=1S/C23H19N5O3/c1-13-5-3-4-6-18(13)27-22(29)19-14(2)26-21-17(11-24)12-25-28(21)20(19)15-7-9-16(10-8-15)23(30)31/h3-10,12,20,26H,1-2H3,(H,27,29)(H,30,31). The van der Waals surface area contributed by atoms with Gasteiger partial charge in [-0.25, -0.2) is 9.48 Å². The molecule has 1 aromatic heterocycles. The van der Waals surface area contributed by atoms with Gasteiger partial charge in [0, 0.05) is 11.4 Å². The molecule has 1 atom stereocenters. The fraction of sp³-hybridized carbons (Fsp3) is 0.130. The zero-order valence-electron chi connectivity index (χ0n) is 16.9. The zero-order valence-corrected chi connectivity index (χ0v) is 16.9. The van der Waals surface area contributed by atoms with Crippen LogP contribution in [0.15, 0.2) is 66.0 Å². The number of hydrogen-bond acceptors (Lipinski definition) is 5. The van der Waals surface area contributed by atoms with Gasteiger partial charge in [0.1, 0.15) is 23.5 Å². The van der Waals surface area contributed by atoms with Crippen LogP contribution in [-0.4, -0.2) is 26.8 Å². The van der Waals surface area contributed by atoms with Crippen LogP contribution in [0.5, 0.6) is 0 Å². The number of nitriles is 1. The molecular formula is C23H19N5O3. The highest BCUT2D eigenvalue weighted by Crippen LogP contribution is 2.37. The maximum atomic E-state index is 13.4. The Hall–Kier alpha value is -4.38. The van der Waals surface area contributed by atoms with Gasteiger partial charge in [0.05, 0.1) is 17.3 Å². The fourth-order valence-electron chi connectivity index (χ4n) is 3.65. The number of carboxylic acids is 1. The van der Waals surface area contributed by atoms with E-state index < -0.39 is 12.0 Å². The minimum absolute atomic E-state index is 0.141. The molecule has 31 heavy (non-hydrogen) atoms. The molecule has 2 heterocycles. The summed E-state index contributed by atoms with van der Waals surface area (Å²) in [7, 11) is 0. The summed E-state index contributed by atoms with van der Waals surface area (Å²) in [5.41, 5.74) is 3.79. The summed E-state index contributed by atoms with van der Waals surface area (Å²) >= 11 is 0. The average molecular weight is 413 g/mol. The van der Waals surface area contributed by atoms with E-state index in [-0.39, 0.29) is 11.5 Å². The van der Waals surface area contributed by atoms with Crippen LogP contribution >= 0.6 is 0 Å². The number of benzene rings is 2. The Kier molecular flexibility index (Phi) is 5.01. The summed E-state index contributed by atoms with van der Waals surface area (Å²) < 4.78 is 1.58. The SMILES string of the molecule is CC1=C(C(=O)Nc2ccccc2C)C(c2ccc(C(=O)O)cc2)n2ncc(C#N)c2N1. The van der Waals surface area contributed by atoms with Gasteiger partial charge in [-0.1, -0.05) is 30.3 Å². The van der Waals surface area contributed by atoms with Crippen LogP contribution in [0.1, 0.15) is 40.0 Å². The lowest BCUT2D eigenvalue weighted by Gasteiger charge is -2.30. The number of anilines is 2. The number of nitrogens with one attached hydrogen (secondary N) is 2. The van der Waals surface area contributed by atoms with Gasteiger partial charge in [-0.15, -0.1) is 0 Å². The second-order valence-electron chi connectivity index (χ2n) is 7.23. The van der Waals surface area contributed by atoms with Crippen molar-refractivity contribution < 1.29 is 14.7 Å². The van der Waals surface area contributed by atoms with E-state index in [0.717, 1.165) is 5.56 Å². The van der Waals surface area contributed by atoms with E-state index in [1.54, 1.807) is 23.7 Å². The number of nitrogens with zero attached hydrogens (tertiary/aromatic N) is 3. The number of aryl methyl sites for hydroxylation is 1. The molecule has 8 nitrogen and oxygen atoms in total. The minimum atomic E-state index is -1.03. The van der Waals surface area contributed by atoms with Gasteiger partial charge in [0.2, 0.25) is 0 Å². The van der Waals surface area contributed by atoms with Crippen molar-refractivity contribution in [2.24, 2.45) is 0 Å². The number of hydrogen-bond donors (Lipinski definition) is 3. The van der Waals surface area contributed by atoms with Crippen molar-refractivity contribution in [1.29, 1.82) is 5.26 Å². The summed E-state index contributed by atoms with van der Waals surface area (Å²) in [5.74, 6) is -0.862. The van der Waals surface area contributed by atoms with E-state index >= 15 is 0 Å². The van der Waals surface area contributed by atoms with Gasteiger partial charge in [-0.3, -0.25) is 4.79 Å². The number of carbonyl (C=O) groups excluding carboxylic acids is 1. The minimum Gasteiger partial charge on any atom is -0.478 e. The summed E-state index contributed by atoms with van der Waals surface area (Å²) in [4.78, 5) is 24.6. The monoisotopic (exact) mass is 413 g/mol. The molecule has 0 spiro atoms. The van der Waals surface area contributed by atoms with E-state index in [1.165, 1.54) is 18.3 Å². The average Bonchev–Trinajstić information content (AvgIpc) is 3.16. The fourth-order valence-corrected chi connectivity index (χ4v) is 3.65. The second kappa shape index (κ2) is 7.80. The van der Waals surface area contributed by atoms with E-state index in [9.17, 15) is 20.0 Å². The first kappa shape index (κ1) is 19.9. The number of carbonyl (C=O) groups is 2. The third-order valence-corrected chi connectivity index (χ3v) is 5.26. The highest BCUT2D eigenvalue weighted by molar-refractivity contribution is 6.06. The molecule has 1 amide bonds. The van der Waals surface area contributed by atoms with Gasteiger partial charge >= 0.3 is 5.97 Å². The first-order chi connectivity index (χ1) is 14.9. The number of carboxylic acid groups (broad SMARTS) is 1.